The van der Waals surface area contributed by atoms with Gasteiger partial charge < -0.3 is 20.0 Å². The molecular formula is C31H37N3O3. The van der Waals surface area contributed by atoms with E-state index in [2.05, 4.69) is 38.1 Å². The Bertz CT molecular complexity index is 1220. The molecule has 0 saturated carbocycles. The number of furan rings is 1. The number of hydrogen-bond acceptors (Lipinski definition) is 4. The molecule has 3 atom stereocenters. The van der Waals surface area contributed by atoms with E-state index < -0.39 is 6.04 Å². The normalized spacial score (nSPS) is 21.7. The maximum atomic E-state index is 13.9. The number of nitrogens with two attached hydrogens (primary N) is 1. The van der Waals surface area contributed by atoms with Crippen LogP contribution in [0.4, 0.5) is 0 Å². The van der Waals surface area contributed by atoms with Crippen LogP contribution in [0.1, 0.15) is 71.5 Å². The van der Waals surface area contributed by atoms with Crippen LogP contribution < -0.4 is 5.73 Å². The van der Waals surface area contributed by atoms with E-state index >= 15 is 0 Å². The Hall–Kier alpha value is -3.38. The second-order valence-electron chi connectivity index (χ2n) is 10.9. The van der Waals surface area contributed by atoms with Crippen molar-refractivity contribution < 1.29 is 14.0 Å². The van der Waals surface area contributed by atoms with Gasteiger partial charge in [-0.15, -0.1) is 0 Å². The van der Waals surface area contributed by atoms with Crippen LogP contribution in [-0.4, -0.2) is 47.3 Å². The van der Waals surface area contributed by atoms with Crippen LogP contribution in [0.5, 0.6) is 0 Å². The van der Waals surface area contributed by atoms with E-state index in [-0.39, 0.29) is 23.5 Å². The zero-order valence-corrected chi connectivity index (χ0v) is 21.8. The molecule has 6 nitrogen and oxygen atoms in total. The minimum atomic E-state index is -0.507. The molecule has 0 aliphatic carbocycles. The quantitative estimate of drug-likeness (QED) is 0.499. The van der Waals surface area contributed by atoms with Crippen molar-refractivity contribution in [1.29, 1.82) is 0 Å². The first-order chi connectivity index (χ1) is 17.9. The number of benzene rings is 2. The molecule has 6 heteroatoms. The molecule has 2 aliphatic rings. The van der Waals surface area contributed by atoms with Gasteiger partial charge in [0, 0.05) is 50.0 Å². The minimum Gasteiger partial charge on any atom is -0.456 e. The van der Waals surface area contributed by atoms with Gasteiger partial charge in [0.05, 0.1) is 0 Å². The van der Waals surface area contributed by atoms with Gasteiger partial charge in [-0.05, 0) is 36.0 Å². The number of rotatable bonds is 7. The standard InChI is InChI=1S/C31H37N3O3/c1-21(2)15-28-25(18-32)17-29(37-28)31(36)34-20-26(23-11-7-4-8-12-23)16-27(34)30(35)33-14-13-24(19-33)22-9-5-3-6-10-22/h3-12,17,21,24,26-27H,13-16,18-20,32H2,1-2H3/t24?,26-,27-/m0/s1. The average molecular weight is 500 g/mol. The van der Waals surface area contributed by atoms with Crippen molar-refractivity contribution in [2.75, 3.05) is 19.6 Å². The monoisotopic (exact) mass is 499 g/mol. The Labute approximate surface area is 219 Å². The molecule has 3 aromatic rings. The molecule has 2 aliphatic heterocycles. The average Bonchev–Trinajstić information content (AvgIpc) is 3.67. The summed E-state index contributed by atoms with van der Waals surface area (Å²) in [5.74, 6) is 1.69. The van der Waals surface area contributed by atoms with Crippen LogP contribution in [0.15, 0.2) is 71.1 Å². The van der Waals surface area contributed by atoms with Gasteiger partial charge in [-0.2, -0.15) is 0 Å². The van der Waals surface area contributed by atoms with Crippen molar-refractivity contribution in [3.63, 3.8) is 0 Å². The van der Waals surface area contributed by atoms with E-state index in [1.54, 1.807) is 11.0 Å². The Balaban J connectivity index is 1.39. The van der Waals surface area contributed by atoms with Crippen molar-refractivity contribution in [2.45, 2.75) is 57.5 Å². The first-order valence-electron chi connectivity index (χ1n) is 13.5. The Kier molecular flexibility index (Phi) is 7.47. The number of nitrogens with zero attached hydrogens (tertiary/aromatic N) is 2. The topological polar surface area (TPSA) is 79.8 Å². The van der Waals surface area contributed by atoms with Crippen molar-refractivity contribution in [2.24, 2.45) is 11.7 Å². The third kappa shape index (κ3) is 5.35. The molecule has 194 valence electrons. The molecule has 2 saturated heterocycles. The highest BCUT2D eigenvalue weighted by Crippen LogP contribution is 2.36. The van der Waals surface area contributed by atoms with Crippen LogP contribution in [0, 0.1) is 5.92 Å². The van der Waals surface area contributed by atoms with Crippen molar-refractivity contribution in [3.8, 4) is 0 Å². The first-order valence-corrected chi connectivity index (χ1v) is 13.5. The number of carbonyl (C=O) groups is 2. The van der Waals surface area contributed by atoms with E-state index in [0.717, 1.165) is 29.7 Å². The van der Waals surface area contributed by atoms with Gasteiger partial charge in [0.25, 0.3) is 5.91 Å². The molecule has 0 spiro atoms. The molecule has 37 heavy (non-hydrogen) atoms. The second-order valence-corrected chi connectivity index (χ2v) is 10.9. The van der Waals surface area contributed by atoms with Gasteiger partial charge in [-0.1, -0.05) is 74.5 Å². The van der Waals surface area contributed by atoms with E-state index in [0.29, 0.717) is 44.4 Å². The van der Waals surface area contributed by atoms with Gasteiger partial charge in [-0.25, -0.2) is 0 Å². The summed E-state index contributed by atoms with van der Waals surface area (Å²) in [4.78, 5) is 31.4. The zero-order chi connectivity index (χ0) is 25.9. The molecular weight excluding hydrogens is 462 g/mol. The van der Waals surface area contributed by atoms with Crippen LogP contribution in [0.25, 0.3) is 0 Å². The van der Waals surface area contributed by atoms with Gasteiger partial charge in [0.2, 0.25) is 5.91 Å². The molecule has 3 heterocycles. The van der Waals surface area contributed by atoms with Crippen molar-refractivity contribution in [3.05, 3.63) is 94.9 Å². The summed E-state index contributed by atoms with van der Waals surface area (Å²) in [5, 5.41) is 0. The Morgan fingerprint density at radius 3 is 2.24 bits per heavy atom. The summed E-state index contributed by atoms with van der Waals surface area (Å²) in [6, 6.07) is 21.8. The number of likely N-dealkylation sites (tertiary alicyclic amines) is 2. The Morgan fingerprint density at radius 2 is 1.62 bits per heavy atom. The molecule has 2 N–H and O–H groups in total. The summed E-state index contributed by atoms with van der Waals surface area (Å²) < 4.78 is 6.06. The van der Waals surface area contributed by atoms with Crippen LogP contribution >= 0.6 is 0 Å². The Morgan fingerprint density at radius 1 is 0.973 bits per heavy atom. The lowest BCUT2D eigenvalue weighted by atomic mass is 9.96. The number of carbonyl (C=O) groups excluding carboxylic acids is 2. The van der Waals surface area contributed by atoms with Gasteiger partial charge in [-0.3, -0.25) is 9.59 Å². The SMILES string of the molecule is CC(C)Cc1oc(C(=O)N2C[C@@H](c3ccccc3)C[C@H]2C(=O)N2CCC(c3ccccc3)C2)cc1CN. The summed E-state index contributed by atoms with van der Waals surface area (Å²) in [7, 11) is 0. The van der Waals surface area contributed by atoms with E-state index in [1.165, 1.54) is 5.56 Å². The summed E-state index contributed by atoms with van der Waals surface area (Å²) in [6.45, 7) is 6.44. The summed E-state index contributed by atoms with van der Waals surface area (Å²) >= 11 is 0. The fourth-order valence-electron chi connectivity index (χ4n) is 5.86. The molecule has 2 fully saturated rings. The second kappa shape index (κ2) is 10.9. The molecule has 5 rings (SSSR count). The predicted molar refractivity (Wildman–Crippen MR) is 144 cm³/mol. The number of amides is 2. The predicted octanol–water partition coefficient (Wildman–Crippen LogP) is 4.95. The maximum absolute atomic E-state index is 13.9. The van der Waals surface area contributed by atoms with Gasteiger partial charge in [0.15, 0.2) is 5.76 Å². The summed E-state index contributed by atoms with van der Waals surface area (Å²) in [5.41, 5.74) is 9.25. The van der Waals surface area contributed by atoms with Crippen LogP contribution in [-0.2, 0) is 17.8 Å². The minimum absolute atomic E-state index is 0.0400. The smallest absolute Gasteiger partial charge is 0.290 e. The maximum Gasteiger partial charge on any atom is 0.290 e. The molecule has 2 amide bonds. The number of hydrogen-bond donors (Lipinski definition) is 1. The van der Waals surface area contributed by atoms with Crippen LogP contribution in [0.2, 0.25) is 0 Å². The lowest BCUT2D eigenvalue weighted by Gasteiger charge is -2.27. The van der Waals surface area contributed by atoms with E-state index in [9.17, 15) is 9.59 Å². The van der Waals surface area contributed by atoms with Crippen molar-refractivity contribution >= 4 is 11.8 Å². The van der Waals surface area contributed by atoms with Gasteiger partial charge >= 0.3 is 0 Å². The molecule has 0 bridgehead atoms. The molecule has 0 radical (unpaired) electrons. The highest BCUT2D eigenvalue weighted by Gasteiger charge is 2.44. The lowest BCUT2D eigenvalue weighted by Crippen LogP contribution is -2.47. The zero-order valence-electron chi connectivity index (χ0n) is 21.8. The fourth-order valence-corrected chi connectivity index (χ4v) is 5.86. The highest BCUT2D eigenvalue weighted by atomic mass is 16.4. The van der Waals surface area contributed by atoms with Crippen molar-refractivity contribution in [1.82, 2.24) is 9.80 Å². The van der Waals surface area contributed by atoms with E-state index in [4.69, 9.17) is 10.2 Å². The molecule has 2 aromatic carbocycles. The third-order valence-corrected chi connectivity index (χ3v) is 7.81. The molecule has 1 unspecified atom stereocenters. The fraction of sp³-hybridized carbons (Fsp3) is 0.419. The van der Waals surface area contributed by atoms with Crippen LogP contribution in [0.3, 0.4) is 0 Å². The summed E-state index contributed by atoms with van der Waals surface area (Å²) in [6.07, 6.45) is 2.28. The van der Waals surface area contributed by atoms with E-state index in [1.807, 2.05) is 41.3 Å². The van der Waals surface area contributed by atoms with Gasteiger partial charge in [0.1, 0.15) is 11.8 Å². The lowest BCUT2D eigenvalue weighted by molar-refractivity contribution is -0.134. The first kappa shape index (κ1) is 25.3. The molecule has 1 aromatic heterocycles. The third-order valence-electron chi connectivity index (χ3n) is 7.81. The largest absolute Gasteiger partial charge is 0.456 e. The highest BCUT2D eigenvalue weighted by molar-refractivity contribution is 5.96.